The van der Waals surface area contributed by atoms with Crippen molar-refractivity contribution in [2.24, 2.45) is 0 Å². The highest BCUT2D eigenvalue weighted by Gasteiger charge is 2.29. The largest absolute Gasteiger partial charge is 0.481 e. The molecule has 27 heavy (non-hydrogen) atoms. The Kier molecular flexibility index (Phi) is 6.59. The van der Waals surface area contributed by atoms with E-state index in [1.54, 1.807) is 0 Å². The number of carboxylic acid groups (broad SMARTS) is 2. The molecule has 2 N–H and O–H groups in total. The van der Waals surface area contributed by atoms with Gasteiger partial charge in [0.15, 0.2) is 0 Å². The molecule has 0 bridgehead atoms. The Labute approximate surface area is 169 Å². The number of aliphatic carboxylic acids is 1. The molecular formula is C16H12Cl3NO6S. The number of benzene rings is 2. The number of aromatic carboxylic acids is 1. The average molecular weight is 453 g/mol. The highest BCUT2D eigenvalue weighted by Crippen LogP contribution is 2.32. The molecule has 7 nitrogen and oxygen atoms in total. The first-order valence-electron chi connectivity index (χ1n) is 7.26. The zero-order chi connectivity index (χ0) is 20.4. The van der Waals surface area contributed by atoms with Gasteiger partial charge in [0.25, 0.3) is 10.0 Å². The van der Waals surface area contributed by atoms with Crippen LogP contribution in [-0.4, -0.2) is 37.1 Å². The van der Waals surface area contributed by atoms with E-state index in [4.69, 9.17) is 39.9 Å². The molecule has 0 amide bonds. The lowest BCUT2D eigenvalue weighted by Gasteiger charge is -2.25. The van der Waals surface area contributed by atoms with Gasteiger partial charge in [-0.25, -0.2) is 13.2 Å². The molecule has 0 aliphatic heterocycles. The zero-order valence-corrected chi connectivity index (χ0v) is 16.5. The van der Waals surface area contributed by atoms with E-state index in [1.165, 1.54) is 24.3 Å². The Balaban J connectivity index is 2.64. The molecule has 0 spiro atoms. The Morgan fingerprint density at radius 3 is 2.19 bits per heavy atom. The van der Waals surface area contributed by atoms with Gasteiger partial charge in [0.05, 0.1) is 27.7 Å². The first-order chi connectivity index (χ1) is 12.5. The molecule has 2 aromatic rings. The molecule has 2 aromatic carbocycles. The summed E-state index contributed by atoms with van der Waals surface area (Å²) in [7, 11) is -4.34. The molecule has 0 radical (unpaired) electrons. The lowest BCUT2D eigenvalue weighted by atomic mass is 10.2. The van der Waals surface area contributed by atoms with Crippen molar-refractivity contribution in [3.63, 3.8) is 0 Å². The number of sulfonamides is 1. The minimum atomic E-state index is -4.34. The van der Waals surface area contributed by atoms with Crippen molar-refractivity contribution in [1.82, 2.24) is 0 Å². The summed E-state index contributed by atoms with van der Waals surface area (Å²) in [6.07, 6.45) is -0.525. The second-order valence-electron chi connectivity index (χ2n) is 5.26. The predicted molar refractivity (Wildman–Crippen MR) is 102 cm³/mol. The summed E-state index contributed by atoms with van der Waals surface area (Å²) in [6.45, 7) is -0.457. The minimum absolute atomic E-state index is 0.0749. The zero-order valence-electron chi connectivity index (χ0n) is 13.4. The van der Waals surface area contributed by atoms with Crippen LogP contribution in [0.25, 0.3) is 0 Å². The first kappa shape index (κ1) is 21.3. The van der Waals surface area contributed by atoms with Crippen molar-refractivity contribution in [1.29, 1.82) is 0 Å². The van der Waals surface area contributed by atoms with E-state index in [2.05, 4.69) is 0 Å². The maximum absolute atomic E-state index is 13.1. The second-order valence-corrected chi connectivity index (χ2v) is 8.35. The molecule has 0 atom stereocenters. The van der Waals surface area contributed by atoms with Crippen LogP contribution in [0.5, 0.6) is 0 Å². The van der Waals surface area contributed by atoms with Crippen LogP contribution in [0.2, 0.25) is 15.1 Å². The predicted octanol–water partition coefficient (Wildman–Crippen LogP) is 4.02. The fraction of sp³-hybridized carbons (Fsp3) is 0.125. The molecule has 11 heteroatoms. The van der Waals surface area contributed by atoms with Crippen molar-refractivity contribution in [2.45, 2.75) is 11.3 Å². The molecule has 0 saturated heterocycles. The normalized spacial score (nSPS) is 11.2. The summed E-state index contributed by atoms with van der Waals surface area (Å²) in [5, 5.41) is 18.0. The van der Waals surface area contributed by atoms with Crippen LogP contribution in [0.1, 0.15) is 16.8 Å². The number of nitrogens with zero attached hydrogens (tertiary/aromatic N) is 1. The highest BCUT2D eigenvalue weighted by atomic mass is 35.5. The summed E-state index contributed by atoms with van der Waals surface area (Å²) in [5.41, 5.74) is -0.407. The van der Waals surface area contributed by atoms with Gasteiger partial charge in [-0.05, 0) is 36.4 Å². The van der Waals surface area contributed by atoms with Gasteiger partial charge in [0, 0.05) is 11.6 Å². The molecule has 0 aliphatic carbocycles. The number of rotatable bonds is 7. The molecule has 0 aromatic heterocycles. The quantitative estimate of drug-likeness (QED) is 0.656. The van der Waals surface area contributed by atoms with Gasteiger partial charge in [-0.15, -0.1) is 0 Å². The Morgan fingerprint density at radius 2 is 1.59 bits per heavy atom. The van der Waals surface area contributed by atoms with E-state index in [-0.39, 0.29) is 31.2 Å². The smallest absolute Gasteiger partial charge is 0.337 e. The number of carbonyl (C=O) groups is 2. The van der Waals surface area contributed by atoms with Crippen LogP contribution in [0.3, 0.4) is 0 Å². The summed E-state index contributed by atoms with van der Waals surface area (Å²) in [5.74, 6) is -2.60. The second kappa shape index (κ2) is 8.35. The summed E-state index contributed by atoms with van der Waals surface area (Å²) < 4.78 is 26.9. The molecule has 0 unspecified atom stereocenters. The minimum Gasteiger partial charge on any atom is -0.481 e. The monoisotopic (exact) mass is 451 g/mol. The van der Waals surface area contributed by atoms with Crippen LogP contribution in [0.4, 0.5) is 5.69 Å². The Morgan fingerprint density at radius 1 is 0.963 bits per heavy atom. The van der Waals surface area contributed by atoms with Gasteiger partial charge in [0.2, 0.25) is 0 Å². The summed E-state index contributed by atoms with van der Waals surface area (Å²) in [6, 6.07) is 7.34. The molecular weight excluding hydrogens is 441 g/mol. The van der Waals surface area contributed by atoms with Crippen LogP contribution in [0, 0.1) is 0 Å². The third-order valence-corrected chi connectivity index (χ3v) is 6.33. The standard InChI is InChI=1S/C16H12Cl3NO6S/c17-9-1-3-13(19)14(7-9)27(25,26)20(6-5-15(21)22)10-2-4-12(18)11(8-10)16(23)24/h1-4,7-8H,5-6H2,(H,21,22)(H,23,24). The van der Waals surface area contributed by atoms with Gasteiger partial charge in [-0.2, -0.15) is 0 Å². The maximum atomic E-state index is 13.1. The van der Waals surface area contributed by atoms with E-state index in [0.717, 1.165) is 16.4 Å². The first-order valence-corrected chi connectivity index (χ1v) is 9.84. The van der Waals surface area contributed by atoms with Crippen LogP contribution in [0.15, 0.2) is 41.3 Å². The summed E-state index contributed by atoms with van der Waals surface area (Å²) in [4.78, 5) is 21.9. The van der Waals surface area contributed by atoms with Crippen LogP contribution in [-0.2, 0) is 14.8 Å². The molecule has 2 rings (SSSR count). The lowest BCUT2D eigenvalue weighted by Crippen LogP contribution is -2.33. The molecule has 0 saturated carbocycles. The van der Waals surface area contributed by atoms with Crippen molar-refractivity contribution >= 4 is 62.5 Å². The van der Waals surface area contributed by atoms with Gasteiger partial charge >= 0.3 is 11.9 Å². The number of hydrogen-bond acceptors (Lipinski definition) is 4. The Hall–Kier alpha value is -2.00. The van der Waals surface area contributed by atoms with Crippen molar-refractivity contribution in [2.75, 3.05) is 10.8 Å². The van der Waals surface area contributed by atoms with E-state index in [1.807, 2.05) is 0 Å². The van der Waals surface area contributed by atoms with Crippen molar-refractivity contribution in [3.8, 4) is 0 Å². The van der Waals surface area contributed by atoms with Crippen molar-refractivity contribution in [3.05, 3.63) is 57.0 Å². The fourth-order valence-corrected chi connectivity index (χ4v) is 4.61. The molecule has 0 heterocycles. The summed E-state index contributed by atoms with van der Waals surface area (Å²) >= 11 is 17.7. The highest BCUT2D eigenvalue weighted by molar-refractivity contribution is 7.93. The third-order valence-electron chi connectivity index (χ3n) is 3.46. The fourth-order valence-electron chi connectivity index (χ4n) is 2.21. The molecule has 0 aliphatic rings. The number of hydrogen-bond donors (Lipinski definition) is 2. The van der Waals surface area contributed by atoms with Gasteiger partial charge in [0.1, 0.15) is 4.90 Å². The van der Waals surface area contributed by atoms with Crippen LogP contribution >= 0.6 is 34.8 Å². The van der Waals surface area contributed by atoms with Gasteiger partial charge < -0.3 is 10.2 Å². The molecule has 144 valence electrons. The van der Waals surface area contributed by atoms with Crippen LogP contribution < -0.4 is 4.31 Å². The maximum Gasteiger partial charge on any atom is 0.337 e. The average Bonchev–Trinajstić information content (AvgIpc) is 2.57. The Bertz CT molecular complexity index is 1010. The van der Waals surface area contributed by atoms with Gasteiger partial charge in [-0.3, -0.25) is 9.10 Å². The topological polar surface area (TPSA) is 112 Å². The number of anilines is 1. The van der Waals surface area contributed by atoms with E-state index >= 15 is 0 Å². The van der Waals surface area contributed by atoms with E-state index in [0.29, 0.717) is 0 Å². The third kappa shape index (κ3) is 4.84. The molecule has 0 fully saturated rings. The number of halogens is 3. The van der Waals surface area contributed by atoms with E-state index in [9.17, 15) is 23.1 Å². The van der Waals surface area contributed by atoms with Gasteiger partial charge in [-0.1, -0.05) is 34.8 Å². The van der Waals surface area contributed by atoms with E-state index < -0.39 is 34.9 Å². The SMILES string of the molecule is O=C(O)CCN(c1ccc(Cl)c(C(=O)O)c1)S(=O)(=O)c1cc(Cl)ccc1Cl. The number of carboxylic acids is 2. The lowest BCUT2D eigenvalue weighted by molar-refractivity contribution is -0.136. The van der Waals surface area contributed by atoms with Crippen molar-refractivity contribution < 1.29 is 28.2 Å².